The molecule has 0 atom stereocenters. The van der Waals surface area contributed by atoms with Crippen LogP contribution in [0.2, 0.25) is 0 Å². The number of para-hydroxylation sites is 1. The molecule has 0 saturated heterocycles. The maximum Gasteiger partial charge on any atom is 0.229 e. The molecular formula is C19H18N4O4S. The Labute approximate surface area is 162 Å². The third kappa shape index (κ3) is 3.84. The molecule has 3 aromatic rings. The zero-order chi connectivity index (χ0) is 19.6. The number of nitrogens with one attached hydrogen (secondary N) is 2. The molecule has 0 spiro atoms. The quantitative estimate of drug-likeness (QED) is 0.657. The maximum atomic E-state index is 11.6. The van der Waals surface area contributed by atoms with Gasteiger partial charge in [-0.05, 0) is 36.4 Å². The predicted molar refractivity (Wildman–Crippen MR) is 104 cm³/mol. The van der Waals surface area contributed by atoms with E-state index in [0.29, 0.717) is 18.2 Å². The van der Waals surface area contributed by atoms with Gasteiger partial charge >= 0.3 is 0 Å². The highest BCUT2D eigenvalue weighted by Gasteiger charge is 2.13. The summed E-state index contributed by atoms with van der Waals surface area (Å²) >= 11 is 0. The van der Waals surface area contributed by atoms with Crippen LogP contribution in [0.25, 0.3) is 22.8 Å². The van der Waals surface area contributed by atoms with Crippen LogP contribution in [0.1, 0.15) is 0 Å². The second-order valence-corrected chi connectivity index (χ2v) is 8.25. The molecule has 1 aliphatic heterocycles. The van der Waals surface area contributed by atoms with Gasteiger partial charge in [-0.2, -0.15) is 0 Å². The van der Waals surface area contributed by atoms with Crippen molar-refractivity contribution in [2.75, 3.05) is 24.9 Å². The Morgan fingerprint density at radius 3 is 2.54 bits per heavy atom. The molecule has 2 aromatic carbocycles. The van der Waals surface area contributed by atoms with Crippen molar-refractivity contribution in [2.24, 2.45) is 0 Å². The molecule has 1 aliphatic rings. The molecule has 2 heterocycles. The van der Waals surface area contributed by atoms with Crippen molar-refractivity contribution in [3.63, 3.8) is 0 Å². The number of benzene rings is 2. The second-order valence-electron chi connectivity index (χ2n) is 6.23. The molecule has 8 nitrogen and oxygen atoms in total. The van der Waals surface area contributed by atoms with E-state index in [-0.39, 0.29) is 11.7 Å². The average molecular weight is 398 g/mol. The van der Waals surface area contributed by atoms with Gasteiger partial charge in [0.2, 0.25) is 6.79 Å². The van der Waals surface area contributed by atoms with E-state index in [0.717, 1.165) is 22.6 Å². The first-order chi connectivity index (χ1) is 13.5. The van der Waals surface area contributed by atoms with E-state index >= 15 is 0 Å². The van der Waals surface area contributed by atoms with Crippen LogP contribution in [0, 0.1) is 0 Å². The van der Waals surface area contributed by atoms with E-state index in [9.17, 15) is 8.42 Å². The van der Waals surface area contributed by atoms with Crippen LogP contribution < -0.4 is 5.32 Å². The number of hydrogen-bond donors (Lipinski definition) is 2. The van der Waals surface area contributed by atoms with Crippen molar-refractivity contribution < 1.29 is 17.9 Å². The molecule has 0 unspecified atom stereocenters. The number of aromatic amines is 1. The first kappa shape index (κ1) is 18.1. The SMILES string of the molecule is CS(=O)(=O)c1ccc(-c2nnc(-c3ccccc3NCC3=COCO3)[nH]2)cc1. The monoisotopic (exact) mass is 398 g/mol. The van der Waals surface area contributed by atoms with Crippen molar-refractivity contribution in [1.82, 2.24) is 15.2 Å². The number of nitrogens with zero attached hydrogens (tertiary/aromatic N) is 2. The fraction of sp³-hybridized carbons (Fsp3) is 0.158. The highest BCUT2D eigenvalue weighted by molar-refractivity contribution is 7.90. The van der Waals surface area contributed by atoms with E-state index in [1.807, 2.05) is 24.3 Å². The van der Waals surface area contributed by atoms with Crippen LogP contribution in [0.5, 0.6) is 0 Å². The molecular weight excluding hydrogens is 380 g/mol. The molecule has 0 amide bonds. The molecule has 0 fully saturated rings. The van der Waals surface area contributed by atoms with Gasteiger partial charge in [0, 0.05) is 23.1 Å². The van der Waals surface area contributed by atoms with Crippen molar-refractivity contribution in [3.05, 3.63) is 60.6 Å². The van der Waals surface area contributed by atoms with Crippen molar-refractivity contribution in [2.45, 2.75) is 4.90 Å². The summed E-state index contributed by atoms with van der Waals surface area (Å²) in [6, 6.07) is 14.2. The zero-order valence-corrected chi connectivity index (χ0v) is 15.9. The molecule has 144 valence electrons. The Kier molecular flexibility index (Phi) is 4.74. The van der Waals surface area contributed by atoms with E-state index in [1.165, 1.54) is 6.26 Å². The standard InChI is InChI=1S/C19H18N4O4S/c1-28(24,25)15-8-6-13(7-9-15)18-21-19(23-22-18)16-4-2-3-5-17(16)20-10-14-11-26-12-27-14/h2-9,11,20H,10,12H2,1H3,(H,21,22,23). The fourth-order valence-corrected chi connectivity index (χ4v) is 3.39. The second kappa shape index (κ2) is 7.35. The van der Waals surface area contributed by atoms with Crippen LogP contribution in [-0.2, 0) is 19.3 Å². The Morgan fingerprint density at radius 2 is 1.82 bits per heavy atom. The van der Waals surface area contributed by atoms with Gasteiger partial charge in [0.05, 0.1) is 11.4 Å². The Morgan fingerprint density at radius 1 is 1.07 bits per heavy atom. The average Bonchev–Trinajstić information content (AvgIpc) is 3.38. The lowest BCUT2D eigenvalue weighted by Crippen LogP contribution is -2.06. The van der Waals surface area contributed by atoms with E-state index < -0.39 is 9.84 Å². The minimum atomic E-state index is -3.24. The van der Waals surface area contributed by atoms with Gasteiger partial charge in [-0.15, -0.1) is 10.2 Å². The summed E-state index contributed by atoms with van der Waals surface area (Å²) in [5, 5.41) is 11.7. The Hall–Kier alpha value is -3.33. The van der Waals surface area contributed by atoms with Gasteiger partial charge in [-0.1, -0.05) is 12.1 Å². The maximum absolute atomic E-state index is 11.6. The lowest BCUT2D eigenvalue weighted by atomic mass is 10.1. The molecule has 9 heteroatoms. The molecule has 4 rings (SSSR count). The minimum Gasteiger partial charge on any atom is -0.462 e. The van der Waals surface area contributed by atoms with Crippen LogP contribution in [0.4, 0.5) is 5.69 Å². The summed E-state index contributed by atoms with van der Waals surface area (Å²) in [5.74, 6) is 1.88. The molecule has 0 aliphatic carbocycles. The number of aromatic nitrogens is 3. The number of rotatable bonds is 6. The first-order valence-electron chi connectivity index (χ1n) is 8.50. The normalized spacial score (nSPS) is 13.5. The van der Waals surface area contributed by atoms with Crippen LogP contribution in [0.3, 0.4) is 0 Å². The molecule has 1 aromatic heterocycles. The molecule has 28 heavy (non-hydrogen) atoms. The zero-order valence-electron chi connectivity index (χ0n) is 15.0. The fourth-order valence-electron chi connectivity index (χ4n) is 2.76. The number of ether oxygens (including phenoxy) is 2. The van der Waals surface area contributed by atoms with Gasteiger partial charge in [0.25, 0.3) is 0 Å². The van der Waals surface area contributed by atoms with E-state index in [1.54, 1.807) is 30.5 Å². The van der Waals surface area contributed by atoms with E-state index in [2.05, 4.69) is 20.5 Å². The van der Waals surface area contributed by atoms with Crippen LogP contribution >= 0.6 is 0 Å². The highest BCUT2D eigenvalue weighted by atomic mass is 32.2. The third-order valence-corrected chi connectivity index (χ3v) is 5.33. The van der Waals surface area contributed by atoms with Crippen LogP contribution in [0.15, 0.2) is 65.4 Å². The largest absolute Gasteiger partial charge is 0.462 e. The van der Waals surface area contributed by atoms with E-state index in [4.69, 9.17) is 9.47 Å². The molecule has 0 saturated carbocycles. The smallest absolute Gasteiger partial charge is 0.229 e. The van der Waals surface area contributed by atoms with Gasteiger partial charge in [-0.3, -0.25) is 0 Å². The molecule has 2 N–H and O–H groups in total. The summed E-state index contributed by atoms with van der Waals surface area (Å²) in [4.78, 5) is 3.45. The molecule has 0 bridgehead atoms. The predicted octanol–water partition coefficient (Wildman–Crippen LogP) is 2.80. The number of anilines is 1. The van der Waals surface area contributed by atoms with Crippen molar-refractivity contribution in [3.8, 4) is 22.8 Å². The third-order valence-electron chi connectivity index (χ3n) is 4.21. The number of hydrogen-bond acceptors (Lipinski definition) is 7. The van der Waals surface area contributed by atoms with Gasteiger partial charge in [0.1, 0.15) is 6.26 Å². The summed E-state index contributed by atoms with van der Waals surface area (Å²) in [6.45, 7) is 0.729. The summed E-state index contributed by atoms with van der Waals surface area (Å²) in [7, 11) is -3.24. The van der Waals surface area contributed by atoms with Crippen molar-refractivity contribution in [1.29, 1.82) is 0 Å². The lowest BCUT2D eigenvalue weighted by Gasteiger charge is -2.10. The first-order valence-corrected chi connectivity index (χ1v) is 10.4. The van der Waals surface area contributed by atoms with Gasteiger partial charge in [0.15, 0.2) is 27.2 Å². The van der Waals surface area contributed by atoms with Crippen molar-refractivity contribution >= 4 is 15.5 Å². The Bertz CT molecular complexity index is 1120. The van der Waals surface area contributed by atoms with Gasteiger partial charge < -0.3 is 19.8 Å². The number of H-pyrrole nitrogens is 1. The van der Waals surface area contributed by atoms with Crippen LogP contribution in [-0.4, -0.2) is 43.2 Å². The minimum absolute atomic E-state index is 0.238. The number of sulfone groups is 1. The Balaban J connectivity index is 1.57. The summed E-state index contributed by atoms with van der Waals surface area (Å²) < 4.78 is 33.6. The van der Waals surface area contributed by atoms with Gasteiger partial charge in [-0.25, -0.2) is 8.42 Å². The highest BCUT2D eigenvalue weighted by Crippen LogP contribution is 2.27. The lowest BCUT2D eigenvalue weighted by molar-refractivity contribution is 0.0805. The summed E-state index contributed by atoms with van der Waals surface area (Å²) in [6.07, 6.45) is 2.76. The summed E-state index contributed by atoms with van der Waals surface area (Å²) in [5.41, 5.74) is 2.47. The molecule has 0 radical (unpaired) electrons. The topological polar surface area (TPSA) is 106 Å².